The molecule has 1 aromatic carbocycles. The highest BCUT2D eigenvalue weighted by atomic mass is 19.4. The van der Waals surface area contributed by atoms with Crippen molar-refractivity contribution in [3.05, 3.63) is 29.8 Å². The van der Waals surface area contributed by atoms with Gasteiger partial charge in [-0.1, -0.05) is 19.1 Å². The number of halogens is 3. The van der Waals surface area contributed by atoms with E-state index in [2.05, 4.69) is 5.32 Å². The number of alkyl halides is 3. The van der Waals surface area contributed by atoms with Gasteiger partial charge in [0.2, 0.25) is 0 Å². The predicted molar refractivity (Wildman–Crippen MR) is 66.1 cm³/mol. The van der Waals surface area contributed by atoms with E-state index >= 15 is 0 Å². The number of likely N-dealkylation sites (N-methyl/N-ethyl adjacent to an activating group) is 1. The smallest absolute Gasteiger partial charge is 0.419 e. The van der Waals surface area contributed by atoms with Gasteiger partial charge < -0.3 is 15.2 Å². The highest BCUT2D eigenvalue weighted by Crippen LogP contribution is 2.36. The molecule has 0 aliphatic rings. The molecule has 0 spiro atoms. The summed E-state index contributed by atoms with van der Waals surface area (Å²) in [5.74, 6) is -0.229. The Kier molecular flexibility index (Phi) is 5.20. The zero-order valence-corrected chi connectivity index (χ0v) is 10.9. The van der Waals surface area contributed by atoms with E-state index in [1.807, 2.05) is 6.92 Å². The second-order valence-corrected chi connectivity index (χ2v) is 4.53. The van der Waals surface area contributed by atoms with Crippen LogP contribution in [0.15, 0.2) is 24.3 Å². The minimum Gasteiger partial charge on any atom is -0.491 e. The SMILES string of the molecule is CCNC(C)(CO)COc1ccccc1C(F)(F)F. The zero-order chi connectivity index (χ0) is 14.5. The minimum absolute atomic E-state index is 0.0512. The molecule has 1 aromatic rings. The predicted octanol–water partition coefficient (Wildman–Crippen LogP) is 2.44. The summed E-state index contributed by atoms with van der Waals surface area (Å²) in [4.78, 5) is 0. The molecule has 2 N–H and O–H groups in total. The van der Waals surface area contributed by atoms with Crippen molar-refractivity contribution in [2.75, 3.05) is 19.8 Å². The number of hydrogen-bond acceptors (Lipinski definition) is 3. The van der Waals surface area contributed by atoms with Gasteiger partial charge in [0.05, 0.1) is 17.7 Å². The first-order chi connectivity index (χ1) is 8.82. The third-order valence-electron chi connectivity index (χ3n) is 2.69. The molecule has 0 aliphatic carbocycles. The Morgan fingerprint density at radius 3 is 2.42 bits per heavy atom. The number of nitrogens with one attached hydrogen (secondary N) is 1. The molecule has 108 valence electrons. The summed E-state index contributed by atoms with van der Waals surface area (Å²) in [6, 6.07) is 5.03. The van der Waals surface area contributed by atoms with Gasteiger partial charge in [-0.15, -0.1) is 0 Å². The van der Waals surface area contributed by atoms with Gasteiger partial charge in [0.25, 0.3) is 0 Å². The van der Waals surface area contributed by atoms with Crippen LogP contribution in [-0.2, 0) is 6.18 Å². The number of ether oxygens (including phenoxy) is 1. The maximum absolute atomic E-state index is 12.8. The van der Waals surface area contributed by atoms with E-state index in [9.17, 15) is 18.3 Å². The topological polar surface area (TPSA) is 41.5 Å². The summed E-state index contributed by atoms with van der Waals surface area (Å²) in [5, 5.41) is 12.2. The first-order valence-electron chi connectivity index (χ1n) is 5.97. The lowest BCUT2D eigenvalue weighted by atomic mass is 10.1. The van der Waals surface area contributed by atoms with Gasteiger partial charge in [0.1, 0.15) is 12.4 Å². The van der Waals surface area contributed by atoms with Crippen LogP contribution in [-0.4, -0.2) is 30.4 Å². The average molecular weight is 277 g/mol. The van der Waals surface area contributed by atoms with Crippen molar-refractivity contribution in [3.63, 3.8) is 0 Å². The van der Waals surface area contributed by atoms with Crippen molar-refractivity contribution < 1.29 is 23.0 Å². The molecule has 0 fully saturated rings. The van der Waals surface area contributed by atoms with Crippen LogP contribution >= 0.6 is 0 Å². The van der Waals surface area contributed by atoms with Crippen LogP contribution in [0.2, 0.25) is 0 Å². The molecule has 0 radical (unpaired) electrons. The van der Waals surface area contributed by atoms with Crippen LogP contribution in [0.3, 0.4) is 0 Å². The van der Waals surface area contributed by atoms with Gasteiger partial charge in [-0.2, -0.15) is 13.2 Å². The van der Waals surface area contributed by atoms with Crippen molar-refractivity contribution in [1.29, 1.82) is 0 Å². The highest BCUT2D eigenvalue weighted by Gasteiger charge is 2.34. The van der Waals surface area contributed by atoms with Crippen molar-refractivity contribution in [2.45, 2.75) is 25.6 Å². The molecule has 6 heteroatoms. The monoisotopic (exact) mass is 277 g/mol. The number of aliphatic hydroxyl groups excluding tert-OH is 1. The normalized spacial score (nSPS) is 15.1. The largest absolute Gasteiger partial charge is 0.491 e. The van der Waals surface area contributed by atoms with E-state index in [0.29, 0.717) is 6.54 Å². The Morgan fingerprint density at radius 1 is 1.26 bits per heavy atom. The van der Waals surface area contributed by atoms with Crippen LogP contribution in [0.1, 0.15) is 19.4 Å². The quantitative estimate of drug-likeness (QED) is 0.839. The first kappa shape index (κ1) is 15.8. The van der Waals surface area contributed by atoms with Crippen LogP contribution in [0, 0.1) is 0 Å². The highest BCUT2D eigenvalue weighted by molar-refractivity contribution is 5.35. The molecule has 0 bridgehead atoms. The van der Waals surface area contributed by atoms with Crippen molar-refractivity contribution in [2.24, 2.45) is 0 Å². The summed E-state index contributed by atoms with van der Waals surface area (Å²) in [5.41, 5.74) is -1.58. The summed E-state index contributed by atoms with van der Waals surface area (Å²) in [6.45, 7) is 3.84. The molecule has 0 saturated heterocycles. The zero-order valence-electron chi connectivity index (χ0n) is 10.9. The summed E-state index contributed by atoms with van der Waals surface area (Å²) in [6.07, 6.45) is -4.45. The van der Waals surface area contributed by atoms with Gasteiger partial charge >= 0.3 is 6.18 Å². The van der Waals surface area contributed by atoms with Crippen LogP contribution in [0.4, 0.5) is 13.2 Å². The number of benzene rings is 1. The van der Waals surface area contributed by atoms with Crippen LogP contribution < -0.4 is 10.1 Å². The third kappa shape index (κ3) is 4.40. The lowest BCUT2D eigenvalue weighted by Crippen LogP contribution is -2.50. The number of rotatable bonds is 6. The van der Waals surface area contributed by atoms with E-state index in [1.165, 1.54) is 18.2 Å². The molecular formula is C13H18F3NO2. The molecule has 1 rings (SSSR count). The molecular weight excluding hydrogens is 259 g/mol. The van der Waals surface area contributed by atoms with Gasteiger partial charge in [-0.05, 0) is 25.6 Å². The second-order valence-electron chi connectivity index (χ2n) is 4.53. The summed E-state index contributed by atoms with van der Waals surface area (Å²) in [7, 11) is 0. The molecule has 3 nitrogen and oxygen atoms in total. The Morgan fingerprint density at radius 2 is 1.89 bits per heavy atom. The Labute approximate surface area is 110 Å². The Balaban J connectivity index is 2.83. The van der Waals surface area contributed by atoms with E-state index in [0.717, 1.165) is 6.07 Å². The Hall–Kier alpha value is -1.27. The van der Waals surface area contributed by atoms with E-state index < -0.39 is 17.3 Å². The van der Waals surface area contributed by atoms with Gasteiger partial charge in [0.15, 0.2) is 0 Å². The maximum atomic E-state index is 12.8. The number of aliphatic hydroxyl groups is 1. The molecule has 19 heavy (non-hydrogen) atoms. The lowest BCUT2D eigenvalue weighted by Gasteiger charge is -2.28. The molecule has 0 amide bonds. The maximum Gasteiger partial charge on any atom is 0.419 e. The molecule has 1 atom stereocenters. The average Bonchev–Trinajstić information content (AvgIpc) is 2.36. The van der Waals surface area contributed by atoms with Crippen molar-refractivity contribution >= 4 is 0 Å². The van der Waals surface area contributed by atoms with Crippen LogP contribution in [0.5, 0.6) is 5.75 Å². The van der Waals surface area contributed by atoms with E-state index in [1.54, 1.807) is 6.92 Å². The number of hydrogen-bond donors (Lipinski definition) is 2. The number of para-hydroxylation sites is 1. The van der Waals surface area contributed by atoms with E-state index in [-0.39, 0.29) is 19.0 Å². The Bertz CT molecular complexity index is 409. The first-order valence-corrected chi connectivity index (χ1v) is 5.97. The molecule has 0 heterocycles. The van der Waals surface area contributed by atoms with Gasteiger partial charge in [0, 0.05) is 0 Å². The second kappa shape index (κ2) is 6.25. The van der Waals surface area contributed by atoms with Crippen molar-refractivity contribution in [3.8, 4) is 5.75 Å². The molecule has 0 saturated carbocycles. The fourth-order valence-electron chi connectivity index (χ4n) is 1.64. The molecule has 1 unspecified atom stereocenters. The minimum atomic E-state index is -4.45. The fourth-order valence-corrected chi connectivity index (χ4v) is 1.64. The summed E-state index contributed by atoms with van der Waals surface area (Å²) >= 11 is 0. The van der Waals surface area contributed by atoms with Gasteiger partial charge in [-0.3, -0.25) is 0 Å². The van der Waals surface area contributed by atoms with Crippen LogP contribution in [0.25, 0.3) is 0 Å². The lowest BCUT2D eigenvalue weighted by molar-refractivity contribution is -0.139. The van der Waals surface area contributed by atoms with E-state index in [4.69, 9.17) is 4.74 Å². The third-order valence-corrected chi connectivity index (χ3v) is 2.69. The van der Waals surface area contributed by atoms with Crippen molar-refractivity contribution in [1.82, 2.24) is 5.32 Å². The van der Waals surface area contributed by atoms with Gasteiger partial charge in [-0.25, -0.2) is 0 Å². The molecule has 0 aromatic heterocycles. The standard InChI is InChI=1S/C13H18F3NO2/c1-3-17-12(2,8-18)9-19-11-7-5-4-6-10(11)13(14,15)16/h4-7,17-18H,3,8-9H2,1-2H3. The summed E-state index contributed by atoms with van der Waals surface area (Å²) < 4.78 is 43.5. The molecule has 0 aliphatic heterocycles. The fraction of sp³-hybridized carbons (Fsp3) is 0.538.